The Hall–Kier alpha value is -3.35. The largest absolute Gasteiger partial charge is 0.488 e. The number of hydrogen-bond acceptors (Lipinski definition) is 4. The van der Waals surface area contributed by atoms with Crippen LogP contribution < -0.4 is 10.4 Å². The third-order valence-corrected chi connectivity index (χ3v) is 4.69. The van der Waals surface area contributed by atoms with E-state index < -0.39 is 5.63 Å². The van der Waals surface area contributed by atoms with Crippen LogP contribution >= 0.6 is 0 Å². The standard InChI is InChI=1S/C21H19FN2O4/c1-13-8-18(10-20(25)27-13)28-17-6-7-24(12-17)21(26)19-9-15(11-23-19)14-2-4-16(22)5-3-14/h2-5,8-11,17,23H,6-7,12H2,1H3. The molecule has 1 fully saturated rings. The molecule has 0 aliphatic carbocycles. The number of rotatable bonds is 4. The molecule has 7 heteroatoms. The van der Waals surface area contributed by atoms with Crippen molar-refractivity contribution in [3.05, 3.63) is 76.4 Å². The second-order valence-electron chi connectivity index (χ2n) is 6.81. The normalized spacial score (nSPS) is 16.4. The summed E-state index contributed by atoms with van der Waals surface area (Å²) >= 11 is 0. The molecule has 3 heterocycles. The van der Waals surface area contributed by atoms with E-state index in [4.69, 9.17) is 9.15 Å². The number of aromatic amines is 1. The minimum atomic E-state index is -0.458. The van der Waals surface area contributed by atoms with Gasteiger partial charge in [-0.05, 0) is 36.2 Å². The Morgan fingerprint density at radius 1 is 1.21 bits per heavy atom. The average Bonchev–Trinajstić information content (AvgIpc) is 3.31. The topological polar surface area (TPSA) is 75.5 Å². The van der Waals surface area contributed by atoms with Crippen molar-refractivity contribution in [3.63, 3.8) is 0 Å². The molecule has 1 saturated heterocycles. The van der Waals surface area contributed by atoms with Gasteiger partial charge in [0.15, 0.2) is 0 Å². The summed E-state index contributed by atoms with van der Waals surface area (Å²) in [4.78, 5) is 28.9. The molecule has 0 bridgehead atoms. The van der Waals surface area contributed by atoms with Crippen LogP contribution in [0, 0.1) is 12.7 Å². The maximum atomic E-state index is 13.1. The second kappa shape index (κ2) is 7.34. The van der Waals surface area contributed by atoms with Gasteiger partial charge in [0, 0.05) is 25.2 Å². The maximum Gasteiger partial charge on any atom is 0.339 e. The number of benzene rings is 1. The lowest BCUT2D eigenvalue weighted by atomic mass is 10.1. The number of aryl methyl sites for hydroxylation is 1. The predicted molar refractivity (Wildman–Crippen MR) is 101 cm³/mol. The molecule has 1 aromatic carbocycles. The van der Waals surface area contributed by atoms with E-state index in [1.165, 1.54) is 18.2 Å². The lowest BCUT2D eigenvalue weighted by molar-refractivity contribution is 0.0767. The van der Waals surface area contributed by atoms with Crippen molar-refractivity contribution >= 4 is 5.91 Å². The molecule has 1 amide bonds. The molecule has 144 valence electrons. The first-order valence-corrected chi connectivity index (χ1v) is 9.00. The van der Waals surface area contributed by atoms with Gasteiger partial charge in [0.1, 0.15) is 29.1 Å². The molecule has 1 atom stereocenters. The fourth-order valence-corrected chi connectivity index (χ4v) is 3.34. The average molecular weight is 382 g/mol. The Bertz CT molecular complexity index is 1050. The first-order valence-electron chi connectivity index (χ1n) is 9.00. The van der Waals surface area contributed by atoms with Crippen LogP contribution in [0.5, 0.6) is 5.75 Å². The fraction of sp³-hybridized carbons (Fsp3) is 0.238. The number of nitrogens with one attached hydrogen (secondary N) is 1. The number of hydrogen-bond donors (Lipinski definition) is 1. The third kappa shape index (κ3) is 3.83. The first-order chi connectivity index (χ1) is 13.5. The lowest BCUT2D eigenvalue weighted by Crippen LogP contribution is -2.31. The number of halogens is 1. The second-order valence-corrected chi connectivity index (χ2v) is 6.81. The molecule has 28 heavy (non-hydrogen) atoms. The van der Waals surface area contributed by atoms with Crippen molar-refractivity contribution in [3.8, 4) is 16.9 Å². The van der Waals surface area contributed by atoms with Crippen molar-refractivity contribution in [1.29, 1.82) is 0 Å². The minimum absolute atomic E-state index is 0.122. The molecule has 1 unspecified atom stereocenters. The van der Waals surface area contributed by atoms with Gasteiger partial charge in [-0.1, -0.05) is 12.1 Å². The number of ether oxygens (including phenoxy) is 1. The smallest absolute Gasteiger partial charge is 0.339 e. The highest BCUT2D eigenvalue weighted by Crippen LogP contribution is 2.23. The zero-order chi connectivity index (χ0) is 19.7. The third-order valence-electron chi connectivity index (χ3n) is 4.69. The zero-order valence-electron chi connectivity index (χ0n) is 15.3. The van der Waals surface area contributed by atoms with E-state index >= 15 is 0 Å². The molecule has 0 spiro atoms. The lowest BCUT2D eigenvalue weighted by Gasteiger charge is -2.16. The van der Waals surface area contributed by atoms with E-state index in [1.807, 2.05) is 0 Å². The quantitative estimate of drug-likeness (QED) is 0.751. The van der Waals surface area contributed by atoms with Gasteiger partial charge in [-0.3, -0.25) is 4.79 Å². The van der Waals surface area contributed by atoms with Gasteiger partial charge < -0.3 is 19.0 Å². The van der Waals surface area contributed by atoms with Crippen molar-refractivity contribution in [2.75, 3.05) is 13.1 Å². The summed E-state index contributed by atoms with van der Waals surface area (Å²) in [6.07, 6.45) is 2.23. The molecule has 1 aliphatic rings. The summed E-state index contributed by atoms with van der Waals surface area (Å²) < 4.78 is 23.8. The number of nitrogens with zero attached hydrogens (tertiary/aromatic N) is 1. The number of carbonyl (C=O) groups is 1. The van der Waals surface area contributed by atoms with E-state index in [2.05, 4.69) is 4.98 Å². The van der Waals surface area contributed by atoms with Crippen LogP contribution in [0.3, 0.4) is 0 Å². The summed E-state index contributed by atoms with van der Waals surface area (Å²) in [6, 6.07) is 10.8. The molecule has 1 aliphatic heterocycles. The van der Waals surface area contributed by atoms with Gasteiger partial charge in [-0.15, -0.1) is 0 Å². The molecular formula is C21H19FN2O4. The summed E-state index contributed by atoms with van der Waals surface area (Å²) in [5.41, 5.74) is 1.66. The number of amides is 1. The van der Waals surface area contributed by atoms with Crippen molar-refractivity contribution in [2.24, 2.45) is 0 Å². The number of H-pyrrole nitrogens is 1. The van der Waals surface area contributed by atoms with E-state index in [-0.39, 0.29) is 17.8 Å². The Balaban J connectivity index is 1.42. The first kappa shape index (κ1) is 18.0. The Morgan fingerprint density at radius 3 is 2.75 bits per heavy atom. The SMILES string of the molecule is Cc1cc(OC2CCN(C(=O)c3cc(-c4ccc(F)cc4)c[nH]3)C2)cc(=O)o1. The highest BCUT2D eigenvalue weighted by Gasteiger charge is 2.29. The number of aromatic nitrogens is 1. The van der Waals surface area contributed by atoms with E-state index in [1.54, 1.807) is 42.3 Å². The highest BCUT2D eigenvalue weighted by molar-refractivity contribution is 5.94. The van der Waals surface area contributed by atoms with Crippen molar-refractivity contribution in [1.82, 2.24) is 9.88 Å². The molecule has 2 aromatic heterocycles. The Morgan fingerprint density at radius 2 is 2.00 bits per heavy atom. The molecule has 0 radical (unpaired) electrons. The van der Waals surface area contributed by atoms with Crippen LogP contribution in [0.2, 0.25) is 0 Å². The van der Waals surface area contributed by atoms with Gasteiger partial charge in [0.05, 0.1) is 12.6 Å². The predicted octanol–water partition coefficient (Wildman–Crippen LogP) is 3.38. The van der Waals surface area contributed by atoms with Gasteiger partial charge in [0.25, 0.3) is 5.91 Å². The maximum absolute atomic E-state index is 13.1. The van der Waals surface area contributed by atoms with Crippen LogP contribution in [0.15, 0.2) is 57.9 Å². The number of likely N-dealkylation sites (tertiary alicyclic amines) is 1. The monoisotopic (exact) mass is 382 g/mol. The summed E-state index contributed by atoms with van der Waals surface area (Å²) in [6.45, 7) is 2.68. The molecule has 4 rings (SSSR count). The van der Waals surface area contributed by atoms with Crippen LogP contribution in [0.4, 0.5) is 4.39 Å². The van der Waals surface area contributed by atoms with Gasteiger partial charge in [0.2, 0.25) is 0 Å². The Labute approximate surface area is 160 Å². The van der Waals surface area contributed by atoms with Gasteiger partial charge >= 0.3 is 5.63 Å². The van der Waals surface area contributed by atoms with Crippen LogP contribution in [-0.2, 0) is 0 Å². The molecule has 1 N–H and O–H groups in total. The van der Waals surface area contributed by atoms with E-state index in [9.17, 15) is 14.0 Å². The van der Waals surface area contributed by atoms with Crippen LogP contribution in [0.1, 0.15) is 22.7 Å². The summed E-state index contributed by atoms with van der Waals surface area (Å²) in [5.74, 6) is 0.507. The van der Waals surface area contributed by atoms with Crippen molar-refractivity contribution in [2.45, 2.75) is 19.4 Å². The van der Waals surface area contributed by atoms with Crippen LogP contribution in [-0.4, -0.2) is 35.0 Å². The Kier molecular flexibility index (Phi) is 4.73. The highest BCUT2D eigenvalue weighted by atomic mass is 19.1. The molecule has 3 aromatic rings. The molecule has 6 nitrogen and oxygen atoms in total. The van der Waals surface area contributed by atoms with E-state index in [0.717, 1.165) is 11.1 Å². The fourth-order valence-electron chi connectivity index (χ4n) is 3.34. The molecule has 0 saturated carbocycles. The minimum Gasteiger partial charge on any atom is -0.488 e. The van der Waals surface area contributed by atoms with Crippen molar-refractivity contribution < 1.29 is 18.3 Å². The molecular weight excluding hydrogens is 363 g/mol. The van der Waals surface area contributed by atoms with Gasteiger partial charge in [-0.2, -0.15) is 0 Å². The van der Waals surface area contributed by atoms with Crippen LogP contribution in [0.25, 0.3) is 11.1 Å². The van der Waals surface area contributed by atoms with E-state index in [0.29, 0.717) is 36.7 Å². The van der Waals surface area contributed by atoms with Gasteiger partial charge in [-0.25, -0.2) is 9.18 Å². The zero-order valence-corrected chi connectivity index (χ0v) is 15.3. The summed E-state index contributed by atoms with van der Waals surface area (Å²) in [5, 5.41) is 0. The summed E-state index contributed by atoms with van der Waals surface area (Å²) in [7, 11) is 0. The number of carbonyl (C=O) groups excluding carboxylic acids is 1.